The molecule has 0 aromatic carbocycles. The van der Waals surface area contributed by atoms with Crippen LogP contribution in [0, 0.1) is 0 Å². The molecule has 12 heavy (non-hydrogen) atoms. The zero-order valence-electron chi connectivity index (χ0n) is 6.44. The second-order valence-corrected chi connectivity index (χ2v) is 2.00. The van der Waals surface area contributed by atoms with Crippen molar-refractivity contribution in [1.29, 1.82) is 0 Å². The summed E-state index contributed by atoms with van der Waals surface area (Å²) in [6.45, 7) is 0. The van der Waals surface area contributed by atoms with E-state index in [-0.39, 0.29) is 11.4 Å². The van der Waals surface area contributed by atoms with Crippen molar-refractivity contribution in [2.24, 2.45) is 0 Å². The molecule has 0 aliphatic rings. The minimum Gasteiger partial charge on any atom is -0.465 e. The number of nitrogens with zero attached hydrogens (tertiary/aromatic N) is 1. The standard InChI is InChI=1S/C7H8N2O3/c1-12-7(10)5-3-2-4-8-6(5)9-11/h2-4,11H,1H3,(H,8,9). The number of methoxy groups -OCH3 is 1. The number of esters is 1. The Hall–Kier alpha value is -1.62. The molecule has 0 radical (unpaired) electrons. The van der Waals surface area contributed by atoms with Gasteiger partial charge in [-0.1, -0.05) is 0 Å². The third-order valence-electron chi connectivity index (χ3n) is 1.32. The topological polar surface area (TPSA) is 71.5 Å². The molecule has 5 heteroatoms. The second-order valence-electron chi connectivity index (χ2n) is 2.00. The van der Waals surface area contributed by atoms with Gasteiger partial charge in [-0.2, -0.15) is 0 Å². The molecule has 0 aliphatic carbocycles. The first-order chi connectivity index (χ1) is 5.79. The van der Waals surface area contributed by atoms with E-state index in [1.807, 2.05) is 0 Å². The van der Waals surface area contributed by atoms with Crippen molar-refractivity contribution in [2.75, 3.05) is 12.6 Å². The molecule has 0 aliphatic heterocycles. The van der Waals surface area contributed by atoms with Gasteiger partial charge in [0.25, 0.3) is 0 Å². The molecular weight excluding hydrogens is 160 g/mol. The third-order valence-corrected chi connectivity index (χ3v) is 1.32. The summed E-state index contributed by atoms with van der Waals surface area (Å²) in [4.78, 5) is 14.7. The van der Waals surface area contributed by atoms with Gasteiger partial charge < -0.3 is 4.74 Å². The highest BCUT2D eigenvalue weighted by Gasteiger charge is 2.10. The summed E-state index contributed by atoms with van der Waals surface area (Å²) in [5, 5.41) is 8.54. The molecule has 0 saturated heterocycles. The molecule has 0 bridgehead atoms. The summed E-state index contributed by atoms with van der Waals surface area (Å²) in [6, 6.07) is 3.07. The minimum atomic E-state index is -0.542. The van der Waals surface area contributed by atoms with Crippen molar-refractivity contribution in [3.63, 3.8) is 0 Å². The number of anilines is 1. The molecule has 0 unspecified atom stereocenters. The fourth-order valence-electron chi connectivity index (χ4n) is 0.769. The zero-order chi connectivity index (χ0) is 8.97. The van der Waals surface area contributed by atoms with Gasteiger partial charge in [-0.3, -0.25) is 10.7 Å². The smallest absolute Gasteiger partial charge is 0.341 e. The first-order valence-corrected chi connectivity index (χ1v) is 3.23. The molecule has 0 amide bonds. The average Bonchev–Trinajstić information content (AvgIpc) is 2.16. The van der Waals surface area contributed by atoms with Crippen molar-refractivity contribution in [1.82, 2.24) is 4.98 Å². The molecule has 64 valence electrons. The van der Waals surface area contributed by atoms with Gasteiger partial charge in [0.05, 0.1) is 7.11 Å². The lowest BCUT2D eigenvalue weighted by molar-refractivity contribution is 0.0600. The maximum Gasteiger partial charge on any atom is 0.341 e. The van der Waals surface area contributed by atoms with E-state index in [0.717, 1.165) is 0 Å². The molecule has 0 saturated carbocycles. The molecule has 2 N–H and O–H groups in total. The van der Waals surface area contributed by atoms with Crippen LogP contribution < -0.4 is 5.48 Å². The summed E-state index contributed by atoms with van der Waals surface area (Å²) in [6.07, 6.45) is 1.45. The lowest BCUT2D eigenvalue weighted by atomic mass is 10.2. The predicted octanol–water partition coefficient (Wildman–Crippen LogP) is 0.669. The second kappa shape index (κ2) is 3.68. The highest BCUT2D eigenvalue weighted by atomic mass is 16.5. The first-order valence-electron chi connectivity index (χ1n) is 3.23. The molecule has 1 aromatic rings. The molecule has 1 aromatic heterocycles. The van der Waals surface area contributed by atoms with Crippen LogP contribution in [0.15, 0.2) is 18.3 Å². The Morgan fingerprint density at radius 2 is 2.50 bits per heavy atom. The van der Waals surface area contributed by atoms with Crippen molar-refractivity contribution < 1.29 is 14.7 Å². The van der Waals surface area contributed by atoms with Crippen LogP contribution in [-0.2, 0) is 4.74 Å². The number of hydrogen-bond donors (Lipinski definition) is 2. The Balaban J connectivity index is 3.04. The average molecular weight is 168 g/mol. The number of pyridine rings is 1. The molecule has 0 fully saturated rings. The summed E-state index contributed by atoms with van der Waals surface area (Å²) in [5.74, 6) is -0.455. The number of aromatic nitrogens is 1. The summed E-state index contributed by atoms with van der Waals surface area (Å²) in [5.41, 5.74) is 2.00. The van der Waals surface area contributed by atoms with E-state index >= 15 is 0 Å². The highest BCUT2D eigenvalue weighted by Crippen LogP contribution is 2.10. The van der Waals surface area contributed by atoms with E-state index in [9.17, 15) is 4.79 Å². The maximum absolute atomic E-state index is 11.0. The Labute approximate surface area is 69.0 Å². The summed E-state index contributed by atoms with van der Waals surface area (Å²) < 4.78 is 4.45. The van der Waals surface area contributed by atoms with Crippen LogP contribution in [0.1, 0.15) is 10.4 Å². The monoisotopic (exact) mass is 168 g/mol. The molecule has 1 rings (SSSR count). The number of carbonyl (C=O) groups excluding carboxylic acids is 1. The van der Waals surface area contributed by atoms with Gasteiger partial charge in [-0.05, 0) is 12.1 Å². The number of nitrogens with one attached hydrogen (secondary N) is 1. The number of hydrogen-bond acceptors (Lipinski definition) is 5. The first kappa shape index (κ1) is 8.48. The largest absolute Gasteiger partial charge is 0.465 e. The van der Waals surface area contributed by atoms with Crippen molar-refractivity contribution in [3.05, 3.63) is 23.9 Å². The van der Waals surface area contributed by atoms with Crippen molar-refractivity contribution in [2.45, 2.75) is 0 Å². The molecule has 1 heterocycles. The van der Waals surface area contributed by atoms with Crippen LogP contribution in [0.25, 0.3) is 0 Å². The summed E-state index contributed by atoms with van der Waals surface area (Å²) in [7, 11) is 1.26. The van der Waals surface area contributed by atoms with E-state index < -0.39 is 5.97 Å². The van der Waals surface area contributed by atoms with Crippen molar-refractivity contribution in [3.8, 4) is 0 Å². The minimum absolute atomic E-state index is 0.0874. The third kappa shape index (κ3) is 1.51. The fraction of sp³-hybridized carbons (Fsp3) is 0.143. The number of ether oxygens (including phenoxy) is 1. The van der Waals surface area contributed by atoms with Crippen LogP contribution in [-0.4, -0.2) is 23.3 Å². The van der Waals surface area contributed by atoms with E-state index in [1.54, 1.807) is 11.5 Å². The van der Waals surface area contributed by atoms with E-state index in [0.29, 0.717) is 0 Å². The van der Waals surface area contributed by atoms with Gasteiger partial charge in [0.2, 0.25) is 0 Å². The Morgan fingerprint density at radius 1 is 1.75 bits per heavy atom. The van der Waals surface area contributed by atoms with Crippen molar-refractivity contribution >= 4 is 11.8 Å². The van der Waals surface area contributed by atoms with Crippen LogP contribution in [0.3, 0.4) is 0 Å². The predicted molar refractivity (Wildman–Crippen MR) is 41.0 cm³/mol. The SMILES string of the molecule is COC(=O)c1cccnc1NO. The summed E-state index contributed by atoms with van der Waals surface area (Å²) >= 11 is 0. The molecule has 0 spiro atoms. The fourth-order valence-corrected chi connectivity index (χ4v) is 0.769. The lowest BCUT2D eigenvalue weighted by Crippen LogP contribution is -2.06. The van der Waals surface area contributed by atoms with Crippen LogP contribution >= 0.6 is 0 Å². The Bertz CT molecular complexity index is 288. The van der Waals surface area contributed by atoms with Gasteiger partial charge in [0.1, 0.15) is 5.56 Å². The quantitative estimate of drug-likeness (QED) is 0.501. The number of carbonyl (C=O) groups is 1. The lowest BCUT2D eigenvalue weighted by Gasteiger charge is -2.03. The van der Waals surface area contributed by atoms with Crippen LogP contribution in [0.2, 0.25) is 0 Å². The molecule has 5 nitrogen and oxygen atoms in total. The van der Waals surface area contributed by atoms with Crippen LogP contribution in [0.5, 0.6) is 0 Å². The van der Waals surface area contributed by atoms with E-state index in [4.69, 9.17) is 5.21 Å². The van der Waals surface area contributed by atoms with E-state index in [2.05, 4.69) is 9.72 Å². The number of rotatable bonds is 2. The van der Waals surface area contributed by atoms with E-state index in [1.165, 1.54) is 19.4 Å². The maximum atomic E-state index is 11.0. The molecule has 0 atom stereocenters. The van der Waals surface area contributed by atoms with Gasteiger partial charge in [-0.15, -0.1) is 0 Å². The Morgan fingerprint density at radius 3 is 3.08 bits per heavy atom. The Kier molecular flexibility index (Phi) is 2.60. The van der Waals surface area contributed by atoms with Crippen LogP contribution in [0.4, 0.5) is 5.82 Å². The zero-order valence-corrected chi connectivity index (χ0v) is 6.44. The normalized spacial score (nSPS) is 9.17. The highest BCUT2D eigenvalue weighted by molar-refractivity contribution is 5.94. The van der Waals surface area contributed by atoms with Gasteiger partial charge in [-0.25, -0.2) is 9.78 Å². The van der Waals surface area contributed by atoms with Gasteiger partial charge in [0, 0.05) is 6.20 Å². The molecular formula is C7H8N2O3. The van der Waals surface area contributed by atoms with Gasteiger partial charge in [0.15, 0.2) is 5.82 Å². The van der Waals surface area contributed by atoms with Gasteiger partial charge >= 0.3 is 5.97 Å².